The summed E-state index contributed by atoms with van der Waals surface area (Å²) in [5.74, 6) is -0.0651. The van der Waals surface area contributed by atoms with Crippen molar-refractivity contribution in [3.05, 3.63) is 82.0 Å². The third-order valence-electron chi connectivity index (χ3n) is 5.26. The number of carbonyl (C=O) groups excluding carboxylic acids is 1. The molecule has 3 aromatic rings. The third kappa shape index (κ3) is 5.49. The molecule has 32 heavy (non-hydrogen) atoms. The van der Waals surface area contributed by atoms with E-state index in [9.17, 15) is 13.2 Å². The summed E-state index contributed by atoms with van der Waals surface area (Å²) >= 11 is 3.28. The van der Waals surface area contributed by atoms with Crippen LogP contribution in [0.3, 0.4) is 0 Å². The fourth-order valence-electron chi connectivity index (χ4n) is 3.29. The van der Waals surface area contributed by atoms with Gasteiger partial charge in [-0.05, 0) is 67.5 Å². The number of sulfone groups is 1. The summed E-state index contributed by atoms with van der Waals surface area (Å²) in [6, 6.07) is 17.2. The average Bonchev–Trinajstić information content (AvgIpc) is 3.25. The van der Waals surface area contributed by atoms with Crippen molar-refractivity contribution in [3.63, 3.8) is 0 Å². The van der Waals surface area contributed by atoms with Crippen molar-refractivity contribution >= 4 is 31.7 Å². The van der Waals surface area contributed by atoms with Crippen LogP contribution in [0.2, 0.25) is 0 Å². The summed E-state index contributed by atoms with van der Waals surface area (Å²) in [5, 5.41) is 2.59. The molecule has 0 aliphatic carbocycles. The van der Waals surface area contributed by atoms with Crippen LogP contribution in [0.25, 0.3) is 0 Å². The van der Waals surface area contributed by atoms with Gasteiger partial charge in [0.1, 0.15) is 0 Å². The first-order chi connectivity index (χ1) is 15.1. The lowest BCUT2D eigenvalue weighted by atomic mass is 9.98. The largest absolute Gasteiger partial charge is 0.439 e. The Morgan fingerprint density at radius 3 is 2.12 bits per heavy atom. The van der Waals surface area contributed by atoms with Crippen LogP contribution in [0.1, 0.15) is 47.5 Å². The van der Waals surface area contributed by atoms with Crippen LogP contribution in [0, 0.1) is 0 Å². The number of hydrogen-bond acceptors (Lipinski definition) is 5. The second-order valence-corrected chi connectivity index (χ2v) is 10.9. The second-order valence-electron chi connectivity index (χ2n) is 8.09. The highest BCUT2D eigenvalue weighted by Gasteiger charge is 2.24. The van der Waals surface area contributed by atoms with Crippen molar-refractivity contribution in [1.82, 2.24) is 10.2 Å². The van der Waals surface area contributed by atoms with Crippen molar-refractivity contribution in [1.29, 1.82) is 0 Å². The first-order valence-electron chi connectivity index (χ1n) is 10.2. The highest BCUT2D eigenvalue weighted by atomic mass is 79.9. The average molecular weight is 519 g/mol. The van der Waals surface area contributed by atoms with E-state index in [1.54, 1.807) is 12.1 Å². The zero-order valence-electron chi connectivity index (χ0n) is 18.5. The molecule has 0 fully saturated rings. The first kappa shape index (κ1) is 24.2. The Hall–Kier alpha value is -2.42. The van der Waals surface area contributed by atoms with Gasteiger partial charge in [0, 0.05) is 11.0 Å². The Bertz CT molecular complexity index is 1170. The monoisotopic (exact) mass is 518 g/mol. The Morgan fingerprint density at radius 2 is 1.56 bits per heavy atom. The summed E-state index contributed by atoms with van der Waals surface area (Å²) in [4.78, 5) is 14.8. The molecule has 0 bridgehead atoms. The Labute approximate surface area is 197 Å². The van der Waals surface area contributed by atoms with Gasteiger partial charge in [-0.3, -0.25) is 4.79 Å². The van der Waals surface area contributed by atoms with Crippen molar-refractivity contribution in [3.8, 4) is 0 Å². The molecular formula is C24H27BrN2O4S. The fourth-order valence-corrected chi connectivity index (χ4v) is 4.73. The van der Waals surface area contributed by atoms with Gasteiger partial charge in [0.15, 0.2) is 5.76 Å². The summed E-state index contributed by atoms with van der Waals surface area (Å²) in [7, 11) is 0.0517. The van der Waals surface area contributed by atoms with E-state index in [0.29, 0.717) is 12.5 Å². The number of likely N-dealkylation sites (N-methyl/N-ethyl adjacent to an activating group) is 1. The highest BCUT2D eigenvalue weighted by Crippen LogP contribution is 2.25. The van der Waals surface area contributed by atoms with Gasteiger partial charge in [-0.25, -0.2) is 8.42 Å². The van der Waals surface area contributed by atoms with E-state index in [0.717, 1.165) is 10.0 Å². The van der Waals surface area contributed by atoms with Crippen LogP contribution in [-0.4, -0.2) is 39.9 Å². The number of amides is 1. The molecule has 1 N–H and O–H groups in total. The Kier molecular flexibility index (Phi) is 7.59. The van der Waals surface area contributed by atoms with Gasteiger partial charge in [-0.15, -0.1) is 0 Å². The zero-order chi connectivity index (χ0) is 23.5. The molecule has 170 valence electrons. The van der Waals surface area contributed by atoms with E-state index >= 15 is 0 Å². The number of benzene rings is 2. The molecule has 0 saturated carbocycles. The number of nitrogens with one attached hydrogen (secondary N) is 1. The maximum absolute atomic E-state index is 12.7. The van der Waals surface area contributed by atoms with E-state index in [-0.39, 0.29) is 21.8 Å². The smallest absolute Gasteiger partial charge is 0.287 e. The van der Waals surface area contributed by atoms with Crippen LogP contribution in [0.5, 0.6) is 0 Å². The minimum absolute atomic E-state index is 0.0407. The summed E-state index contributed by atoms with van der Waals surface area (Å²) in [5.41, 5.74) is 2.34. The molecule has 1 amide bonds. The van der Waals surface area contributed by atoms with Gasteiger partial charge in [0.25, 0.3) is 5.91 Å². The standard InChI is InChI=1S/C24H27BrN2O4S/c1-16(2)17-5-7-18(8-6-17)21(27(3)4)15-26-24(28)22-13-14-23(31-22)32(29,30)20-11-9-19(25)10-12-20/h5-14,16,21H,15H2,1-4H3,(H,26,28). The summed E-state index contributed by atoms with van der Waals surface area (Å²) in [6.07, 6.45) is 0. The predicted molar refractivity (Wildman–Crippen MR) is 128 cm³/mol. The molecular weight excluding hydrogens is 492 g/mol. The normalized spacial score (nSPS) is 12.8. The van der Waals surface area contributed by atoms with E-state index in [1.807, 2.05) is 19.0 Å². The van der Waals surface area contributed by atoms with Gasteiger partial charge in [-0.2, -0.15) is 0 Å². The number of carbonyl (C=O) groups is 1. The molecule has 0 spiro atoms. The number of halogens is 1. The molecule has 0 aliphatic heterocycles. The predicted octanol–water partition coefficient (Wildman–Crippen LogP) is 5.03. The Morgan fingerprint density at radius 1 is 0.969 bits per heavy atom. The van der Waals surface area contributed by atoms with Gasteiger partial charge in [0.2, 0.25) is 14.9 Å². The van der Waals surface area contributed by atoms with Crippen LogP contribution < -0.4 is 5.32 Å². The van der Waals surface area contributed by atoms with Gasteiger partial charge >= 0.3 is 0 Å². The van der Waals surface area contributed by atoms with Crippen molar-refractivity contribution in [2.45, 2.75) is 35.8 Å². The van der Waals surface area contributed by atoms with Gasteiger partial charge < -0.3 is 14.6 Å². The third-order valence-corrected chi connectivity index (χ3v) is 7.43. The molecule has 1 unspecified atom stereocenters. The number of nitrogens with zero attached hydrogens (tertiary/aromatic N) is 1. The van der Waals surface area contributed by atoms with E-state index in [1.165, 1.54) is 29.8 Å². The van der Waals surface area contributed by atoms with Crippen molar-refractivity contribution in [2.24, 2.45) is 0 Å². The molecule has 2 aromatic carbocycles. The molecule has 3 rings (SSSR count). The van der Waals surface area contributed by atoms with Crippen LogP contribution >= 0.6 is 15.9 Å². The van der Waals surface area contributed by atoms with Crippen LogP contribution in [0.15, 0.2) is 79.5 Å². The highest BCUT2D eigenvalue weighted by molar-refractivity contribution is 9.10. The molecule has 1 aromatic heterocycles. The fraction of sp³-hybridized carbons (Fsp3) is 0.292. The lowest BCUT2D eigenvalue weighted by Gasteiger charge is -2.25. The second kappa shape index (κ2) is 10.0. The summed E-state index contributed by atoms with van der Waals surface area (Å²) < 4.78 is 31.7. The van der Waals surface area contributed by atoms with E-state index in [2.05, 4.69) is 59.4 Å². The maximum atomic E-state index is 12.7. The lowest BCUT2D eigenvalue weighted by Crippen LogP contribution is -2.34. The number of rotatable bonds is 8. The lowest BCUT2D eigenvalue weighted by molar-refractivity contribution is 0.0909. The van der Waals surface area contributed by atoms with Crippen LogP contribution in [-0.2, 0) is 9.84 Å². The summed E-state index contributed by atoms with van der Waals surface area (Å²) in [6.45, 7) is 4.64. The van der Waals surface area contributed by atoms with Gasteiger partial charge in [0.05, 0.1) is 10.9 Å². The molecule has 1 atom stereocenters. The number of hydrogen-bond donors (Lipinski definition) is 1. The molecule has 0 aliphatic rings. The first-order valence-corrected chi connectivity index (χ1v) is 12.5. The number of furan rings is 1. The zero-order valence-corrected chi connectivity index (χ0v) is 20.9. The van der Waals surface area contributed by atoms with Crippen molar-refractivity contribution < 1.29 is 17.6 Å². The minimum Gasteiger partial charge on any atom is -0.439 e. The van der Waals surface area contributed by atoms with Gasteiger partial charge in [-0.1, -0.05) is 54.0 Å². The molecule has 0 saturated heterocycles. The molecule has 1 heterocycles. The van der Waals surface area contributed by atoms with Crippen LogP contribution in [0.4, 0.5) is 0 Å². The molecule has 6 nitrogen and oxygen atoms in total. The minimum atomic E-state index is -3.84. The molecule has 0 radical (unpaired) electrons. The SMILES string of the molecule is CC(C)c1ccc(C(CNC(=O)c2ccc(S(=O)(=O)c3ccc(Br)cc3)o2)N(C)C)cc1. The maximum Gasteiger partial charge on any atom is 0.287 e. The van der Waals surface area contributed by atoms with E-state index in [4.69, 9.17) is 4.42 Å². The topological polar surface area (TPSA) is 79.6 Å². The van der Waals surface area contributed by atoms with Crippen molar-refractivity contribution in [2.75, 3.05) is 20.6 Å². The van der Waals surface area contributed by atoms with E-state index < -0.39 is 15.7 Å². The Balaban J connectivity index is 1.71. The molecule has 8 heteroatoms. The quantitative estimate of drug-likeness (QED) is 0.452.